The molecule has 1 aliphatic rings. The molecule has 1 N–H and O–H groups in total. The molecule has 2 heterocycles. The first-order valence-electron chi connectivity index (χ1n) is 7.65. The first-order valence-corrected chi connectivity index (χ1v) is 7.65. The lowest BCUT2D eigenvalue weighted by Gasteiger charge is -2.30. The van der Waals surface area contributed by atoms with Crippen LogP contribution in [0.4, 0.5) is 5.82 Å². The Kier molecular flexibility index (Phi) is 3.93. The van der Waals surface area contributed by atoms with Gasteiger partial charge >= 0.3 is 0 Å². The van der Waals surface area contributed by atoms with Gasteiger partial charge in [-0.05, 0) is 42.5 Å². The molecule has 21 heavy (non-hydrogen) atoms. The van der Waals surface area contributed by atoms with Crippen LogP contribution in [0.25, 0.3) is 0 Å². The van der Waals surface area contributed by atoms with Crippen molar-refractivity contribution in [3.63, 3.8) is 0 Å². The highest BCUT2D eigenvalue weighted by atomic mass is 16.3. The fourth-order valence-corrected chi connectivity index (χ4v) is 2.98. The lowest BCUT2D eigenvalue weighted by Crippen LogP contribution is -2.31. The summed E-state index contributed by atoms with van der Waals surface area (Å²) in [7, 11) is 0. The molecule has 0 saturated carbocycles. The van der Waals surface area contributed by atoms with Gasteiger partial charge < -0.3 is 10.0 Å². The van der Waals surface area contributed by atoms with Crippen molar-refractivity contribution in [2.75, 3.05) is 11.4 Å². The van der Waals surface area contributed by atoms with E-state index in [0.717, 1.165) is 42.9 Å². The first-order chi connectivity index (χ1) is 10.2. The van der Waals surface area contributed by atoms with Crippen molar-refractivity contribution in [2.24, 2.45) is 0 Å². The molecule has 0 unspecified atom stereocenters. The third-order valence-corrected chi connectivity index (χ3v) is 4.34. The standard InChI is InChI=1S/C18H22N2O/c1-3-17(21)16-11-19-18(10-13(16)2)20-9-8-14-6-4-5-7-15(14)12-20/h4-7,10-11,17,21H,3,8-9,12H2,1-2H3/t17-/m1/s1. The van der Waals surface area contributed by atoms with Gasteiger partial charge in [0.1, 0.15) is 5.82 Å². The van der Waals surface area contributed by atoms with E-state index in [1.165, 1.54) is 11.1 Å². The Balaban J connectivity index is 1.84. The maximum atomic E-state index is 9.99. The van der Waals surface area contributed by atoms with Crippen LogP contribution in [0.5, 0.6) is 0 Å². The Labute approximate surface area is 126 Å². The minimum absolute atomic E-state index is 0.409. The number of aliphatic hydroxyl groups is 1. The van der Waals surface area contributed by atoms with Crippen molar-refractivity contribution in [3.05, 3.63) is 58.8 Å². The second kappa shape index (κ2) is 5.86. The summed E-state index contributed by atoms with van der Waals surface area (Å²) in [5, 5.41) is 9.99. The topological polar surface area (TPSA) is 36.4 Å². The third-order valence-electron chi connectivity index (χ3n) is 4.34. The molecule has 3 rings (SSSR count). The van der Waals surface area contributed by atoms with Crippen LogP contribution < -0.4 is 4.90 Å². The second-order valence-electron chi connectivity index (χ2n) is 5.76. The third kappa shape index (κ3) is 2.79. The average molecular weight is 282 g/mol. The molecule has 0 saturated heterocycles. The van der Waals surface area contributed by atoms with Crippen LogP contribution >= 0.6 is 0 Å². The molecule has 1 aliphatic heterocycles. The van der Waals surface area contributed by atoms with E-state index in [0.29, 0.717) is 0 Å². The van der Waals surface area contributed by atoms with E-state index < -0.39 is 6.10 Å². The quantitative estimate of drug-likeness (QED) is 0.937. The maximum absolute atomic E-state index is 9.99. The zero-order chi connectivity index (χ0) is 14.8. The van der Waals surface area contributed by atoms with Crippen molar-refractivity contribution in [1.29, 1.82) is 0 Å². The predicted octanol–water partition coefficient (Wildman–Crippen LogP) is 3.40. The van der Waals surface area contributed by atoms with Gasteiger partial charge in [0.25, 0.3) is 0 Å². The van der Waals surface area contributed by atoms with Crippen LogP contribution in [0.3, 0.4) is 0 Å². The molecule has 0 bridgehead atoms. The van der Waals surface area contributed by atoms with Crippen LogP contribution in [0, 0.1) is 6.92 Å². The van der Waals surface area contributed by atoms with Crippen LogP contribution in [0.2, 0.25) is 0 Å². The largest absolute Gasteiger partial charge is 0.388 e. The number of fused-ring (bicyclic) bond motifs is 1. The molecular formula is C18H22N2O. The Bertz CT molecular complexity index is 639. The van der Waals surface area contributed by atoms with Gasteiger partial charge in [0.2, 0.25) is 0 Å². The van der Waals surface area contributed by atoms with E-state index in [9.17, 15) is 5.11 Å². The number of aryl methyl sites for hydroxylation is 1. The zero-order valence-electron chi connectivity index (χ0n) is 12.7. The number of benzene rings is 1. The maximum Gasteiger partial charge on any atom is 0.129 e. The molecule has 3 heteroatoms. The highest BCUT2D eigenvalue weighted by Gasteiger charge is 2.18. The molecule has 0 aliphatic carbocycles. The summed E-state index contributed by atoms with van der Waals surface area (Å²) < 4.78 is 0. The SMILES string of the molecule is CC[C@@H](O)c1cnc(N2CCc3ccccc3C2)cc1C. The number of anilines is 1. The number of hydrogen-bond acceptors (Lipinski definition) is 3. The van der Waals surface area contributed by atoms with Crippen molar-refractivity contribution in [3.8, 4) is 0 Å². The number of aromatic nitrogens is 1. The number of aliphatic hydroxyl groups excluding tert-OH is 1. The summed E-state index contributed by atoms with van der Waals surface area (Å²) in [5.74, 6) is 1.01. The smallest absolute Gasteiger partial charge is 0.129 e. The lowest BCUT2D eigenvalue weighted by molar-refractivity contribution is 0.172. The van der Waals surface area contributed by atoms with E-state index in [2.05, 4.69) is 47.1 Å². The fourth-order valence-electron chi connectivity index (χ4n) is 2.98. The van der Waals surface area contributed by atoms with Gasteiger partial charge in [-0.25, -0.2) is 4.98 Å². The minimum Gasteiger partial charge on any atom is -0.388 e. The summed E-state index contributed by atoms with van der Waals surface area (Å²) >= 11 is 0. The van der Waals surface area contributed by atoms with Gasteiger partial charge in [-0.3, -0.25) is 0 Å². The van der Waals surface area contributed by atoms with Gasteiger partial charge in [-0.15, -0.1) is 0 Å². The summed E-state index contributed by atoms with van der Waals surface area (Å²) in [4.78, 5) is 6.89. The molecule has 1 aromatic heterocycles. The highest BCUT2D eigenvalue weighted by Crippen LogP contribution is 2.26. The number of hydrogen-bond donors (Lipinski definition) is 1. The molecule has 0 amide bonds. The van der Waals surface area contributed by atoms with Gasteiger partial charge in [0.15, 0.2) is 0 Å². The monoisotopic (exact) mass is 282 g/mol. The molecule has 1 aromatic carbocycles. The highest BCUT2D eigenvalue weighted by molar-refractivity contribution is 5.47. The Morgan fingerprint density at radius 3 is 2.76 bits per heavy atom. The van der Waals surface area contributed by atoms with E-state index in [4.69, 9.17) is 0 Å². The van der Waals surface area contributed by atoms with E-state index in [1.807, 2.05) is 13.1 Å². The molecule has 1 atom stereocenters. The Morgan fingerprint density at radius 2 is 2.05 bits per heavy atom. The Hall–Kier alpha value is -1.87. The molecule has 0 spiro atoms. The van der Waals surface area contributed by atoms with Crippen LogP contribution in [-0.4, -0.2) is 16.6 Å². The van der Waals surface area contributed by atoms with Crippen LogP contribution in [0.1, 0.15) is 41.7 Å². The van der Waals surface area contributed by atoms with Gasteiger partial charge in [-0.1, -0.05) is 31.2 Å². The predicted molar refractivity (Wildman–Crippen MR) is 85.4 cm³/mol. The summed E-state index contributed by atoms with van der Waals surface area (Å²) in [6, 6.07) is 10.7. The Morgan fingerprint density at radius 1 is 1.29 bits per heavy atom. The van der Waals surface area contributed by atoms with E-state index in [1.54, 1.807) is 0 Å². The normalized spacial score (nSPS) is 15.7. The summed E-state index contributed by atoms with van der Waals surface area (Å²) in [6.07, 6.45) is 3.21. The molecule has 0 fully saturated rings. The van der Waals surface area contributed by atoms with Crippen molar-refractivity contribution >= 4 is 5.82 Å². The van der Waals surface area contributed by atoms with E-state index >= 15 is 0 Å². The number of rotatable bonds is 3. The minimum atomic E-state index is -0.409. The van der Waals surface area contributed by atoms with Gasteiger partial charge in [-0.2, -0.15) is 0 Å². The van der Waals surface area contributed by atoms with E-state index in [-0.39, 0.29) is 0 Å². The van der Waals surface area contributed by atoms with Crippen molar-refractivity contribution in [2.45, 2.75) is 39.3 Å². The number of nitrogens with zero attached hydrogens (tertiary/aromatic N) is 2. The zero-order valence-corrected chi connectivity index (χ0v) is 12.7. The summed E-state index contributed by atoms with van der Waals surface area (Å²) in [6.45, 7) is 5.95. The van der Waals surface area contributed by atoms with Crippen LogP contribution in [-0.2, 0) is 13.0 Å². The van der Waals surface area contributed by atoms with Gasteiger partial charge in [0.05, 0.1) is 6.10 Å². The molecule has 3 nitrogen and oxygen atoms in total. The van der Waals surface area contributed by atoms with Crippen LogP contribution in [0.15, 0.2) is 36.5 Å². The van der Waals surface area contributed by atoms with Crippen molar-refractivity contribution in [1.82, 2.24) is 4.98 Å². The lowest BCUT2D eigenvalue weighted by atomic mass is 9.99. The molecule has 0 radical (unpaired) electrons. The first kappa shape index (κ1) is 14.1. The average Bonchev–Trinajstić information content (AvgIpc) is 2.53. The molecule has 110 valence electrons. The van der Waals surface area contributed by atoms with Crippen molar-refractivity contribution < 1.29 is 5.11 Å². The summed E-state index contributed by atoms with van der Waals surface area (Å²) in [5.41, 5.74) is 4.90. The van der Waals surface area contributed by atoms with Gasteiger partial charge in [0, 0.05) is 24.8 Å². The molecule has 2 aromatic rings. The fraction of sp³-hybridized carbons (Fsp3) is 0.389. The second-order valence-corrected chi connectivity index (χ2v) is 5.76. The number of pyridine rings is 1. The molecular weight excluding hydrogens is 260 g/mol.